The summed E-state index contributed by atoms with van der Waals surface area (Å²) in [5.41, 5.74) is 2.22. The molecule has 1 atom stereocenters. The fraction of sp³-hybridized carbons (Fsp3) is 0.643. The van der Waals surface area contributed by atoms with Crippen LogP contribution in [0.15, 0.2) is 6.07 Å². The summed E-state index contributed by atoms with van der Waals surface area (Å²) in [4.78, 5) is 6.64. The van der Waals surface area contributed by atoms with Crippen molar-refractivity contribution < 1.29 is 10.2 Å². The van der Waals surface area contributed by atoms with E-state index in [1.165, 1.54) is 0 Å². The van der Waals surface area contributed by atoms with Gasteiger partial charge in [0, 0.05) is 24.3 Å². The number of aliphatic hydroxyl groups is 2. The van der Waals surface area contributed by atoms with Crippen LogP contribution in [-0.4, -0.2) is 33.9 Å². The number of piperidine rings is 1. The van der Waals surface area contributed by atoms with E-state index >= 15 is 0 Å². The number of hydrogen-bond donors (Lipinski definition) is 2. The van der Waals surface area contributed by atoms with Crippen LogP contribution in [0, 0.1) is 13.8 Å². The van der Waals surface area contributed by atoms with Gasteiger partial charge in [0.2, 0.25) is 0 Å². The molecule has 1 aromatic heterocycles. The highest BCUT2D eigenvalue weighted by Gasteiger charge is 2.30. The molecule has 1 aliphatic rings. The lowest BCUT2D eigenvalue weighted by Gasteiger charge is -2.38. The highest BCUT2D eigenvalue weighted by atomic mass is 16.3. The molecule has 2 heterocycles. The molecule has 0 bridgehead atoms. The Morgan fingerprint density at radius 2 is 2.17 bits per heavy atom. The third kappa shape index (κ3) is 2.65. The minimum atomic E-state index is -0.662. The summed E-state index contributed by atoms with van der Waals surface area (Å²) in [6.07, 6.45) is 1.77. The quantitative estimate of drug-likeness (QED) is 0.836. The lowest BCUT2D eigenvalue weighted by atomic mass is 9.94. The van der Waals surface area contributed by atoms with Crippen molar-refractivity contribution >= 4 is 5.82 Å². The predicted molar refractivity (Wildman–Crippen MR) is 71.7 cm³/mol. The first kappa shape index (κ1) is 13.3. The van der Waals surface area contributed by atoms with Crippen LogP contribution in [0.25, 0.3) is 0 Å². The molecule has 4 nitrogen and oxygen atoms in total. The van der Waals surface area contributed by atoms with E-state index in [0.717, 1.165) is 42.0 Å². The van der Waals surface area contributed by atoms with Gasteiger partial charge >= 0.3 is 0 Å². The van der Waals surface area contributed by atoms with E-state index in [-0.39, 0.29) is 6.61 Å². The number of rotatable bonds is 2. The van der Waals surface area contributed by atoms with Gasteiger partial charge in [-0.1, -0.05) is 0 Å². The maximum Gasteiger partial charge on any atom is 0.134 e. The molecule has 0 amide bonds. The number of aromatic nitrogens is 1. The second-order valence-corrected chi connectivity index (χ2v) is 5.56. The third-order valence-electron chi connectivity index (χ3n) is 3.59. The molecular formula is C14H22N2O2. The molecular weight excluding hydrogens is 228 g/mol. The van der Waals surface area contributed by atoms with Gasteiger partial charge in [-0.2, -0.15) is 0 Å². The molecule has 1 aliphatic heterocycles. The zero-order chi connectivity index (χ0) is 13.3. The van der Waals surface area contributed by atoms with Crippen molar-refractivity contribution in [2.24, 2.45) is 0 Å². The summed E-state index contributed by atoms with van der Waals surface area (Å²) in [7, 11) is 0. The monoisotopic (exact) mass is 250 g/mol. The van der Waals surface area contributed by atoms with E-state index in [1.807, 2.05) is 26.8 Å². The van der Waals surface area contributed by atoms with Crippen LogP contribution in [0.2, 0.25) is 0 Å². The Balaban J connectivity index is 2.37. The summed E-state index contributed by atoms with van der Waals surface area (Å²) in [6, 6.07) is 1.98. The van der Waals surface area contributed by atoms with Gasteiger partial charge in [0.25, 0.3) is 0 Å². The summed E-state index contributed by atoms with van der Waals surface area (Å²) in [6.45, 7) is 7.27. The van der Waals surface area contributed by atoms with E-state index in [0.29, 0.717) is 6.54 Å². The fourth-order valence-corrected chi connectivity index (χ4v) is 2.70. The van der Waals surface area contributed by atoms with E-state index in [4.69, 9.17) is 0 Å². The molecule has 1 aromatic rings. The normalized spacial score (nSPS) is 24.4. The van der Waals surface area contributed by atoms with Gasteiger partial charge in [0.15, 0.2) is 0 Å². The van der Waals surface area contributed by atoms with Crippen molar-refractivity contribution in [1.82, 2.24) is 4.98 Å². The fourth-order valence-electron chi connectivity index (χ4n) is 2.70. The molecule has 1 saturated heterocycles. The second-order valence-electron chi connectivity index (χ2n) is 5.56. The van der Waals surface area contributed by atoms with Gasteiger partial charge in [-0.25, -0.2) is 4.98 Å². The van der Waals surface area contributed by atoms with Crippen molar-refractivity contribution in [3.8, 4) is 0 Å². The smallest absolute Gasteiger partial charge is 0.134 e. The molecule has 1 unspecified atom stereocenters. The molecule has 18 heavy (non-hydrogen) atoms. The molecule has 0 radical (unpaired) electrons. The van der Waals surface area contributed by atoms with E-state index in [1.54, 1.807) is 0 Å². The lowest BCUT2D eigenvalue weighted by molar-refractivity contribution is 0.0445. The number of anilines is 1. The summed E-state index contributed by atoms with van der Waals surface area (Å²) >= 11 is 0. The molecule has 2 N–H and O–H groups in total. The maximum absolute atomic E-state index is 10.2. The first-order valence-corrected chi connectivity index (χ1v) is 6.48. The molecule has 4 heteroatoms. The van der Waals surface area contributed by atoms with Gasteiger partial charge in [0.05, 0.1) is 12.2 Å². The zero-order valence-electron chi connectivity index (χ0n) is 11.4. The van der Waals surface area contributed by atoms with Crippen molar-refractivity contribution in [3.05, 3.63) is 22.9 Å². The summed E-state index contributed by atoms with van der Waals surface area (Å²) in [5.74, 6) is 0.829. The number of hydrogen-bond acceptors (Lipinski definition) is 4. The predicted octanol–water partition coefficient (Wildman–Crippen LogP) is 1.54. The van der Waals surface area contributed by atoms with Gasteiger partial charge in [0.1, 0.15) is 5.82 Å². The topological polar surface area (TPSA) is 56.6 Å². The van der Waals surface area contributed by atoms with Crippen LogP contribution in [0.4, 0.5) is 5.82 Å². The average molecular weight is 250 g/mol. The molecule has 0 spiro atoms. The zero-order valence-corrected chi connectivity index (χ0v) is 11.4. The van der Waals surface area contributed by atoms with Crippen LogP contribution in [-0.2, 0) is 6.61 Å². The largest absolute Gasteiger partial charge is 0.392 e. The van der Waals surface area contributed by atoms with E-state index < -0.39 is 5.60 Å². The van der Waals surface area contributed by atoms with Crippen LogP contribution >= 0.6 is 0 Å². The Bertz CT molecular complexity index is 444. The molecule has 0 aromatic carbocycles. The Labute approximate surface area is 108 Å². The van der Waals surface area contributed by atoms with E-state index in [2.05, 4.69) is 9.88 Å². The Kier molecular flexibility index (Phi) is 3.59. The van der Waals surface area contributed by atoms with Gasteiger partial charge in [-0.15, -0.1) is 0 Å². The Morgan fingerprint density at radius 3 is 2.78 bits per heavy atom. The highest BCUT2D eigenvalue weighted by molar-refractivity contribution is 5.52. The van der Waals surface area contributed by atoms with Crippen molar-refractivity contribution in [1.29, 1.82) is 0 Å². The van der Waals surface area contributed by atoms with Gasteiger partial charge < -0.3 is 15.1 Å². The maximum atomic E-state index is 10.2. The first-order valence-electron chi connectivity index (χ1n) is 6.48. The standard InChI is InChI=1S/C14H22N2O2/c1-10-7-11(2)15-13(12(10)8-17)16-6-4-5-14(3,18)9-16/h7,17-18H,4-6,8-9H2,1-3H3. The van der Waals surface area contributed by atoms with Crippen LogP contribution in [0.5, 0.6) is 0 Å². The van der Waals surface area contributed by atoms with Crippen LogP contribution in [0.1, 0.15) is 36.6 Å². The van der Waals surface area contributed by atoms with Crippen LogP contribution < -0.4 is 4.90 Å². The average Bonchev–Trinajstić information content (AvgIpc) is 2.26. The lowest BCUT2D eigenvalue weighted by Crippen LogP contribution is -2.46. The van der Waals surface area contributed by atoms with E-state index in [9.17, 15) is 10.2 Å². The number of aryl methyl sites for hydroxylation is 2. The first-order chi connectivity index (χ1) is 8.43. The SMILES string of the molecule is Cc1cc(C)c(CO)c(N2CCCC(C)(O)C2)n1. The molecule has 2 rings (SSSR count). The number of aliphatic hydroxyl groups excluding tert-OH is 1. The number of nitrogens with zero attached hydrogens (tertiary/aromatic N) is 2. The second kappa shape index (κ2) is 4.86. The van der Waals surface area contributed by atoms with Gasteiger partial charge in [-0.05, 0) is 45.2 Å². The Morgan fingerprint density at radius 1 is 1.44 bits per heavy atom. The number of pyridine rings is 1. The number of β-amino-alcohol motifs (C(OH)–C–C–N with tert-alkyl or cyclic N) is 1. The molecule has 1 fully saturated rings. The summed E-state index contributed by atoms with van der Waals surface area (Å²) in [5, 5.41) is 19.7. The Hall–Kier alpha value is -1.13. The molecule has 0 aliphatic carbocycles. The minimum absolute atomic E-state index is 0.00686. The van der Waals surface area contributed by atoms with Gasteiger partial charge in [-0.3, -0.25) is 0 Å². The molecule has 0 saturated carbocycles. The van der Waals surface area contributed by atoms with Crippen molar-refractivity contribution in [2.75, 3.05) is 18.0 Å². The van der Waals surface area contributed by atoms with Crippen molar-refractivity contribution in [3.63, 3.8) is 0 Å². The molecule has 100 valence electrons. The van der Waals surface area contributed by atoms with Crippen molar-refractivity contribution in [2.45, 2.75) is 45.8 Å². The minimum Gasteiger partial charge on any atom is -0.392 e. The summed E-state index contributed by atoms with van der Waals surface area (Å²) < 4.78 is 0. The van der Waals surface area contributed by atoms with Crippen LogP contribution in [0.3, 0.4) is 0 Å². The highest BCUT2D eigenvalue weighted by Crippen LogP contribution is 2.28. The third-order valence-corrected chi connectivity index (χ3v) is 3.59.